The topological polar surface area (TPSA) is 64.7 Å². The number of carbonyl (C=O) groups is 1. The molecule has 0 aromatic carbocycles. The first-order valence-electron chi connectivity index (χ1n) is 7.19. The van der Waals surface area contributed by atoms with Gasteiger partial charge in [0.05, 0.1) is 22.0 Å². The van der Waals surface area contributed by atoms with Crippen LogP contribution in [0.2, 0.25) is 5.02 Å². The zero-order valence-electron chi connectivity index (χ0n) is 13.4. The Hall–Kier alpha value is -2.03. The van der Waals surface area contributed by atoms with Crippen LogP contribution in [0.15, 0.2) is 6.20 Å². The minimum Gasteiger partial charge on any atom is -0.352 e. The van der Waals surface area contributed by atoms with E-state index >= 15 is 0 Å². The first-order chi connectivity index (χ1) is 11.1. The molecule has 0 spiro atoms. The highest BCUT2D eigenvalue weighted by Crippen LogP contribution is 2.35. The predicted octanol–water partition coefficient (Wildman–Crippen LogP) is 2.73. The van der Waals surface area contributed by atoms with E-state index in [1.165, 1.54) is 16.3 Å². The molecule has 6 nitrogen and oxygen atoms in total. The second-order valence-corrected chi connectivity index (χ2v) is 5.76. The summed E-state index contributed by atoms with van der Waals surface area (Å²) in [6.07, 6.45) is -2.56. The molecule has 24 heavy (non-hydrogen) atoms. The van der Waals surface area contributed by atoms with Crippen LogP contribution in [0, 0.1) is 13.8 Å². The molecule has 0 aliphatic heterocycles. The smallest absolute Gasteiger partial charge is 0.352 e. The van der Waals surface area contributed by atoms with Gasteiger partial charge in [0.15, 0.2) is 5.69 Å². The van der Waals surface area contributed by atoms with Crippen LogP contribution in [0.25, 0.3) is 0 Å². The third-order valence-electron chi connectivity index (χ3n) is 3.49. The van der Waals surface area contributed by atoms with Crippen molar-refractivity contribution in [1.82, 2.24) is 24.9 Å². The average molecular weight is 364 g/mol. The Bertz CT molecular complexity index is 750. The number of carbonyl (C=O) groups excluding carboxylic acids is 1. The second-order valence-electron chi connectivity index (χ2n) is 5.38. The number of nitrogens with zero attached hydrogens (tertiary/aromatic N) is 4. The van der Waals surface area contributed by atoms with Crippen molar-refractivity contribution < 1.29 is 18.0 Å². The molecule has 1 N–H and O–H groups in total. The molecule has 2 heterocycles. The molecule has 2 aromatic heterocycles. The summed E-state index contributed by atoms with van der Waals surface area (Å²) in [5, 5.41) is 9.90. The van der Waals surface area contributed by atoms with E-state index in [4.69, 9.17) is 11.6 Å². The van der Waals surface area contributed by atoms with Crippen molar-refractivity contribution >= 4 is 17.5 Å². The zero-order chi connectivity index (χ0) is 18.1. The first kappa shape index (κ1) is 18.3. The maximum absolute atomic E-state index is 12.7. The molecule has 10 heteroatoms. The number of nitrogens with one attached hydrogen (secondary N) is 1. The van der Waals surface area contributed by atoms with Gasteiger partial charge in [-0.2, -0.15) is 23.4 Å². The molecule has 1 amide bonds. The largest absolute Gasteiger partial charge is 0.436 e. The first-order valence-corrected chi connectivity index (χ1v) is 7.57. The number of amides is 1. The fourth-order valence-electron chi connectivity index (χ4n) is 2.27. The van der Waals surface area contributed by atoms with E-state index in [1.807, 2.05) is 0 Å². The Morgan fingerprint density at radius 1 is 1.33 bits per heavy atom. The summed E-state index contributed by atoms with van der Waals surface area (Å²) in [5.74, 6) is -0.271. The van der Waals surface area contributed by atoms with Gasteiger partial charge in [-0.15, -0.1) is 0 Å². The summed E-state index contributed by atoms with van der Waals surface area (Å²) < 4.78 is 41.0. The van der Waals surface area contributed by atoms with E-state index < -0.39 is 16.9 Å². The van der Waals surface area contributed by atoms with Gasteiger partial charge in [-0.25, -0.2) is 0 Å². The van der Waals surface area contributed by atoms with Crippen LogP contribution in [0.1, 0.15) is 33.9 Å². The van der Waals surface area contributed by atoms with Gasteiger partial charge < -0.3 is 5.32 Å². The second kappa shape index (κ2) is 6.84. The van der Waals surface area contributed by atoms with Crippen molar-refractivity contribution in [2.24, 2.45) is 7.05 Å². The summed E-state index contributed by atoms with van der Waals surface area (Å²) in [6.45, 7) is 3.71. The van der Waals surface area contributed by atoms with Gasteiger partial charge in [0.1, 0.15) is 0 Å². The molecular formula is C14H17ClF3N5O. The zero-order valence-corrected chi connectivity index (χ0v) is 14.2. The van der Waals surface area contributed by atoms with E-state index in [1.54, 1.807) is 20.2 Å². The number of aromatic nitrogens is 4. The molecular weight excluding hydrogens is 347 g/mol. The highest BCUT2D eigenvalue weighted by Gasteiger charge is 2.38. The third kappa shape index (κ3) is 3.89. The minimum atomic E-state index is -4.58. The summed E-state index contributed by atoms with van der Waals surface area (Å²) in [4.78, 5) is 12.0. The molecule has 0 aliphatic rings. The van der Waals surface area contributed by atoms with Crippen molar-refractivity contribution in [1.29, 1.82) is 0 Å². The summed E-state index contributed by atoms with van der Waals surface area (Å²) >= 11 is 5.68. The van der Waals surface area contributed by atoms with Crippen LogP contribution in [0.5, 0.6) is 0 Å². The number of hydrogen-bond acceptors (Lipinski definition) is 3. The highest BCUT2D eigenvalue weighted by molar-refractivity contribution is 6.31. The van der Waals surface area contributed by atoms with Gasteiger partial charge in [0, 0.05) is 26.3 Å². The fraction of sp³-hybridized carbons (Fsp3) is 0.500. The van der Waals surface area contributed by atoms with E-state index in [0.29, 0.717) is 24.2 Å². The number of hydrogen-bond donors (Lipinski definition) is 1. The van der Waals surface area contributed by atoms with Gasteiger partial charge in [-0.1, -0.05) is 11.6 Å². The normalized spacial score (nSPS) is 11.8. The lowest BCUT2D eigenvalue weighted by Gasteiger charge is -2.06. The molecule has 0 radical (unpaired) electrons. The standard InChI is InChI=1S/C14H17ClF3N5O/c1-8-10(7-22(3)20-8)13(24)19-5-4-6-23-9(2)11(15)12(21-23)14(16,17)18/h7H,4-6H2,1-3H3,(H,19,24). The van der Waals surface area contributed by atoms with Gasteiger partial charge in [-0.3, -0.25) is 14.2 Å². The molecule has 0 unspecified atom stereocenters. The van der Waals surface area contributed by atoms with Gasteiger partial charge in [0.2, 0.25) is 0 Å². The molecule has 0 bridgehead atoms. The van der Waals surface area contributed by atoms with Gasteiger partial charge in [0.25, 0.3) is 5.91 Å². The molecule has 0 atom stereocenters. The summed E-state index contributed by atoms with van der Waals surface area (Å²) in [6, 6.07) is 0. The Kier molecular flexibility index (Phi) is 5.22. The molecule has 0 aliphatic carbocycles. The van der Waals surface area contributed by atoms with Gasteiger partial charge in [-0.05, 0) is 20.3 Å². The lowest BCUT2D eigenvalue weighted by Crippen LogP contribution is -2.25. The molecule has 132 valence electrons. The molecule has 2 rings (SSSR count). The predicted molar refractivity (Wildman–Crippen MR) is 81.9 cm³/mol. The molecule has 2 aromatic rings. The number of alkyl halides is 3. The van der Waals surface area contributed by atoms with E-state index in [-0.39, 0.29) is 18.1 Å². The quantitative estimate of drug-likeness (QED) is 0.831. The van der Waals surface area contributed by atoms with Crippen molar-refractivity contribution in [3.05, 3.63) is 33.9 Å². The fourth-order valence-corrected chi connectivity index (χ4v) is 2.51. The third-order valence-corrected chi connectivity index (χ3v) is 3.94. The van der Waals surface area contributed by atoms with Gasteiger partial charge >= 0.3 is 6.18 Å². The molecule has 0 fully saturated rings. The van der Waals surface area contributed by atoms with Crippen molar-refractivity contribution in [3.8, 4) is 0 Å². The number of halogens is 4. The van der Waals surface area contributed by atoms with Crippen LogP contribution in [-0.2, 0) is 19.8 Å². The van der Waals surface area contributed by atoms with Crippen LogP contribution in [0.3, 0.4) is 0 Å². The Balaban J connectivity index is 1.91. The van der Waals surface area contributed by atoms with Crippen molar-refractivity contribution in [3.63, 3.8) is 0 Å². The van der Waals surface area contributed by atoms with E-state index in [9.17, 15) is 18.0 Å². The molecule has 0 saturated carbocycles. The SMILES string of the molecule is Cc1nn(C)cc1C(=O)NCCCn1nc(C(F)(F)F)c(Cl)c1C. The molecule has 0 saturated heterocycles. The van der Waals surface area contributed by atoms with Crippen molar-refractivity contribution in [2.45, 2.75) is 33.0 Å². The Morgan fingerprint density at radius 3 is 2.50 bits per heavy atom. The van der Waals surface area contributed by atoms with Crippen molar-refractivity contribution in [2.75, 3.05) is 6.54 Å². The van der Waals surface area contributed by atoms with E-state index in [0.717, 1.165) is 0 Å². The summed E-state index contributed by atoms with van der Waals surface area (Å²) in [7, 11) is 1.71. The Morgan fingerprint density at radius 2 is 2.00 bits per heavy atom. The van der Waals surface area contributed by atoms with Crippen LogP contribution >= 0.6 is 11.6 Å². The van der Waals surface area contributed by atoms with Crippen LogP contribution in [-0.4, -0.2) is 32.0 Å². The lowest BCUT2D eigenvalue weighted by atomic mass is 10.2. The maximum Gasteiger partial charge on any atom is 0.436 e. The number of rotatable bonds is 5. The van der Waals surface area contributed by atoms with Crippen LogP contribution < -0.4 is 5.32 Å². The average Bonchev–Trinajstić information content (AvgIpc) is 2.96. The Labute approximate surface area is 141 Å². The van der Waals surface area contributed by atoms with E-state index in [2.05, 4.69) is 15.5 Å². The number of aryl methyl sites for hydroxylation is 3. The lowest BCUT2D eigenvalue weighted by molar-refractivity contribution is -0.141. The maximum atomic E-state index is 12.7. The monoisotopic (exact) mass is 363 g/mol. The van der Waals surface area contributed by atoms with Crippen LogP contribution in [0.4, 0.5) is 13.2 Å². The summed E-state index contributed by atoms with van der Waals surface area (Å²) in [5.41, 5.74) is 0.241. The minimum absolute atomic E-state index is 0.216. The highest BCUT2D eigenvalue weighted by atomic mass is 35.5.